The van der Waals surface area contributed by atoms with E-state index in [9.17, 15) is 8.42 Å². The molecule has 1 aliphatic rings. The molecule has 17 heavy (non-hydrogen) atoms. The fourth-order valence-electron chi connectivity index (χ4n) is 1.64. The predicted molar refractivity (Wildman–Crippen MR) is 59.9 cm³/mol. The van der Waals surface area contributed by atoms with Crippen molar-refractivity contribution in [2.75, 3.05) is 32.2 Å². The first-order chi connectivity index (χ1) is 7.97. The number of sulfonamides is 1. The van der Waals surface area contributed by atoms with E-state index < -0.39 is 35.4 Å². The van der Waals surface area contributed by atoms with E-state index >= 15 is 0 Å². The van der Waals surface area contributed by atoms with Crippen molar-refractivity contribution in [2.24, 2.45) is 0 Å². The highest BCUT2D eigenvalue weighted by molar-refractivity contribution is 7.89. The summed E-state index contributed by atoms with van der Waals surface area (Å²) in [6.45, 7) is -1.48. The second kappa shape index (κ2) is 6.07. The Hall–Kier alpha value is -0.250. The number of aliphatic hydroxyl groups excluding tert-OH is 3. The van der Waals surface area contributed by atoms with Crippen LogP contribution in [0.15, 0.2) is 0 Å². The lowest BCUT2D eigenvalue weighted by Gasteiger charge is -2.28. The second-order valence-corrected chi connectivity index (χ2v) is 6.04. The monoisotopic (exact) mass is 269 g/mol. The Labute approximate surface area is 100 Å². The van der Waals surface area contributed by atoms with E-state index in [1.807, 2.05) is 0 Å². The molecule has 102 valence electrons. The van der Waals surface area contributed by atoms with Crippen molar-refractivity contribution in [1.82, 2.24) is 4.72 Å². The number of ether oxygens (including phenoxy) is 1. The van der Waals surface area contributed by atoms with Crippen molar-refractivity contribution in [2.45, 2.75) is 24.5 Å². The maximum Gasteiger partial charge on any atom is 0.214 e. The van der Waals surface area contributed by atoms with Crippen LogP contribution in [0, 0.1) is 0 Å². The van der Waals surface area contributed by atoms with Crippen LogP contribution >= 0.6 is 0 Å². The highest BCUT2D eigenvalue weighted by Gasteiger charge is 2.34. The number of rotatable bonds is 7. The van der Waals surface area contributed by atoms with Crippen LogP contribution in [0.4, 0.5) is 0 Å². The lowest BCUT2D eigenvalue weighted by molar-refractivity contribution is 0.0576. The van der Waals surface area contributed by atoms with E-state index in [4.69, 9.17) is 20.1 Å². The van der Waals surface area contributed by atoms with Gasteiger partial charge in [0.15, 0.2) is 0 Å². The van der Waals surface area contributed by atoms with E-state index in [-0.39, 0.29) is 11.9 Å². The van der Waals surface area contributed by atoms with Crippen LogP contribution in [-0.2, 0) is 14.8 Å². The Morgan fingerprint density at radius 1 is 1.24 bits per heavy atom. The highest BCUT2D eigenvalue weighted by Crippen LogP contribution is 2.14. The minimum absolute atomic E-state index is 0.227. The fraction of sp³-hybridized carbons (Fsp3) is 1.00. The van der Waals surface area contributed by atoms with E-state index in [2.05, 4.69) is 4.72 Å². The van der Waals surface area contributed by atoms with E-state index in [1.54, 1.807) is 0 Å². The van der Waals surface area contributed by atoms with Crippen LogP contribution < -0.4 is 4.72 Å². The summed E-state index contributed by atoms with van der Waals surface area (Å²) in [7, 11) is -3.71. The van der Waals surface area contributed by atoms with Crippen molar-refractivity contribution >= 4 is 10.0 Å². The Balaban J connectivity index is 2.63. The van der Waals surface area contributed by atoms with Crippen molar-refractivity contribution in [3.63, 3.8) is 0 Å². The summed E-state index contributed by atoms with van der Waals surface area (Å²) in [4.78, 5) is 0. The van der Waals surface area contributed by atoms with Crippen LogP contribution in [-0.4, -0.2) is 67.6 Å². The zero-order chi connectivity index (χ0) is 12.9. The van der Waals surface area contributed by atoms with E-state index in [0.717, 1.165) is 6.42 Å². The summed E-state index contributed by atoms with van der Waals surface area (Å²) < 4.78 is 30.8. The Morgan fingerprint density at radius 3 is 2.24 bits per heavy atom. The summed E-state index contributed by atoms with van der Waals surface area (Å²) in [6, 6.07) is 0. The van der Waals surface area contributed by atoms with Crippen LogP contribution in [0.25, 0.3) is 0 Å². The molecule has 0 aromatic heterocycles. The molecule has 4 N–H and O–H groups in total. The van der Waals surface area contributed by atoms with Gasteiger partial charge in [-0.3, -0.25) is 0 Å². The summed E-state index contributed by atoms with van der Waals surface area (Å²) in [5.74, 6) is -0.227. The third-order valence-electron chi connectivity index (χ3n) is 2.71. The molecule has 0 bridgehead atoms. The topological polar surface area (TPSA) is 116 Å². The van der Waals surface area contributed by atoms with Gasteiger partial charge in [0.05, 0.1) is 31.7 Å². The third kappa shape index (κ3) is 4.16. The molecule has 1 aliphatic heterocycles. The molecule has 1 heterocycles. The molecule has 1 rings (SSSR count). The Kier molecular flexibility index (Phi) is 5.29. The molecular formula is C9H19NO6S. The number of aliphatic hydroxyl groups is 3. The zero-order valence-electron chi connectivity index (χ0n) is 9.50. The minimum atomic E-state index is -3.71. The molecule has 8 heteroatoms. The average Bonchev–Trinajstić information content (AvgIpc) is 2.78. The first-order valence-electron chi connectivity index (χ1n) is 5.43. The molecule has 7 nitrogen and oxygen atoms in total. The third-order valence-corrected chi connectivity index (χ3v) is 4.26. The molecular weight excluding hydrogens is 250 g/mol. The number of nitrogens with one attached hydrogen (secondary N) is 1. The van der Waals surface area contributed by atoms with Crippen molar-refractivity contribution < 1.29 is 28.5 Å². The molecule has 0 aromatic carbocycles. The molecule has 0 aliphatic carbocycles. The quantitative estimate of drug-likeness (QED) is 0.417. The second-order valence-electron chi connectivity index (χ2n) is 4.27. The highest BCUT2D eigenvalue weighted by atomic mass is 32.2. The van der Waals surface area contributed by atoms with Crippen LogP contribution in [0.2, 0.25) is 0 Å². The van der Waals surface area contributed by atoms with Crippen LogP contribution in [0.3, 0.4) is 0 Å². The van der Waals surface area contributed by atoms with Gasteiger partial charge in [-0.15, -0.1) is 0 Å². The standard InChI is InChI=1S/C9H19NO6S/c11-5-9(6-12,7-13)10-17(14,15)4-8-2-1-3-16-8/h8,10-13H,1-7H2. The Morgan fingerprint density at radius 2 is 1.82 bits per heavy atom. The summed E-state index contributed by atoms with van der Waals surface area (Å²) >= 11 is 0. The molecule has 0 amide bonds. The van der Waals surface area contributed by atoms with Gasteiger partial charge < -0.3 is 20.1 Å². The van der Waals surface area contributed by atoms with E-state index in [0.29, 0.717) is 13.0 Å². The molecule has 1 unspecified atom stereocenters. The van der Waals surface area contributed by atoms with Crippen molar-refractivity contribution in [3.05, 3.63) is 0 Å². The minimum Gasteiger partial charge on any atom is -0.394 e. The number of hydrogen-bond acceptors (Lipinski definition) is 6. The predicted octanol–water partition coefficient (Wildman–Crippen LogP) is -2.20. The van der Waals surface area contributed by atoms with E-state index in [1.165, 1.54) is 0 Å². The van der Waals surface area contributed by atoms with Gasteiger partial charge in [0.1, 0.15) is 5.54 Å². The van der Waals surface area contributed by atoms with Crippen molar-refractivity contribution in [3.8, 4) is 0 Å². The molecule has 0 radical (unpaired) electrons. The number of hydrogen-bond donors (Lipinski definition) is 4. The van der Waals surface area contributed by atoms with Gasteiger partial charge in [-0.25, -0.2) is 13.1 Å². The van der Waals surface area contributed by atoms with Crippen LogP contribution in [0.5, 0.6) is 0 Å². The van der Waals surface area contributed by atoms with Gasteiger partial charge >= 0.3 is 0 Å². The lowest BCUT2D eigenvalue weighted by atomic mass is 10.1. The SMILES string of the molecule is O=S(=O)(CC1CCCO1)NC(CO)(CO)CO. The van der Waals surface area contributed by atoms with Gasteiger partial charge in [0, 0.05) is 6.61 Å². The molecule has 1 atom stereocenters. The summed E-state index contributed by atoms with van der Waals surface area (Å²) in [5.41, 5.74) is -1.61. The zero-order valence-corrected chi connectivity index (χ0v) is 10.3. The molecule has 1 saturated heterocycles. The molecule has 0 saturated carbocycles. The fourth-order valence-corrected chi connectivity index (χ4v) is 3.33. The largest absolute Gasteiger partial charge is 0.394 e. The first kappa shape index (κ1) is 14.8. The van der Waals surface area contributed by atoms with Gasteiger partial charge in [0.25, 0.3) is 0 Å². The summed E-state index contributed by atoms with van der Waals surface area (Å²) in [6.07, 6.45) is 1.14. The normalized spacial score (nSPS) is 21.9. The first-order valence-corrected chi connectivity index (χ1v) is 7.08. The van der Waals surface area contributed by atoms with Crippen molar-refractivity contribution in [1.29, 1.82) is 0 Å². The lowest BCUT2D eigenvalue weighted by Crippen LogP contribution is -2.57. The maximum absolute atomic E-state index is 11.8. The van der Waals surface area contributed by atoms with Crippen LogP contribution in [0.1, 0.15) is 12.8 Å². The average molecular weight is 269 g/mol. The maximum atomic E-state index is 11.8. The van der Waals surface area contributed by atoms with Gasteiger partial charge in [-0.1, -0.05) is 0 Å². The molecule has 1 fully saturated rings. The van der Waals surface area contributed by atoms with Gasteiger partial charge in [-0.2, -0.15) is 0 Å². The van der Waals surface area contributed by atoms with Gasteiger partial charge in [0.2, 0.25) is 10.0 Å². The Bertz CT molecular complexity index is 312. The van der Waals surface area contributed by atoms with Gasteiger partial charge in [-0.05, 0) is 12.8 Å². The molecule has 0 aromatic rings. The smallest absolute Gasteiger partial charge is 0.214 e. The summed E-state index contributed by atoms with van der Waals surface area (Å²) in [5, 5.41) is 27.1. The molecule has 0 spiro atoms.